The van der Waals surface area contributed by atoms with Crippen LogP contribution in [0.15, 0.2) is 0 Å². The molecule has 1 atom stereocenters. The molecule has 19 heavy (non-hydrogen) atoms. The normalized spacial score (nSPS) is 11.9. The number of hydrogen-bond donors (Lipinski definition) is 0. The Labute approximate surface area is 178 Å². The van der Waals surface area contributed by atoms with Crippen LogP contribution in [0.2, 0.25) is 0 Å². The molecule has 0 rings (SSSR count). The van der Waals surface area contributed by atoms with Gasteiger partial charge in [-0.25, -0.2) is 0 Å². The van der Waals surface area contributed by atoms with E-state index in [9.17, 15) is 9.90 Å². The van der Waals surface area contributed by atoms with E-state index >= 15 is 0 Å². The quantitative estimate of drug-likeness (QED) is 0.443. The third-order valence-electron chi connectivity index (χ3n) is 3.65. The molecule has 0 saturated carbocycles. The smallest absolute Gasteiger partial charge is 0.550 e. The first-order chi connectivity index (χ1) is 8.72. The van der Waals surface area contributed by atoms with Crippen LogP contribution in [0, 0.1) is 5.92 Å². The summed E-state index contributed by atoms with van der Waals surface area (Å²) in [6.07, 6.45) is 13.6. The SMILES string of the molecule is CCCCCCCCC(CCCCCC)C(=O)[O-].[Cs+]. The Morgan fingerprint density at radius 1 is 0.789 bits per heavy atom. The van der Waals surface area contributed by atoms with Crippen LogP contribution in [0.3, 0.4) is 0 Å². The zero-order valence-electron chi connectivity index (χ0n) is 13.4. The van der Waals surface area contributed by atoms with Crippen molar-refractivity contribution < 1.29 is 78.8 Å². The first kappa shape index (κ1) is 22.8. The summed E-state index contributed by atoms with van der Waals surface area (Å²) >= 11 is 0. The van der Waals surface area contributed by atoms with E-state index in [1.807, 2.05) is 0 Å². The van der Waals surface area contributed by atoms with Gasteiger partial charge in [0.1, 0.15) is 0 Å². The first-order valence-electron chi connectivity index (χ1n) is 7.93. The molecule has 0 spiro atoms. The maximum Gasteiger partial charge on any atom is 1.00 e. The van der Waals surface area contributed by atoms with Crippen molar-refractivity contribution in [3.63, 3.8) is 0 Å². The first-order valence-corrected chi connectivity index (χ1v) is 7.93. The molecule has 0 aliphatic rings. The molecule has 1 unspecified atom stereocenters. The van der Waals surface area contributed by atoms with Gasteiger partial charge in [0.05, 0.1) is 0 Å². The maximum atomic E-state index is 11.0. The van der Waals surface area contributed by atoms with Crippen LogP contribution >= 0.6 is 0 Å². The van der Waals surface area contributed by atoms with Gasteiger partial charge in [0.25, 0.3) is 0 Å². The summed E-state index contributed by atoms with van der Waals surface area (Å²) in [5.41, 5.74) is 0. The van der Waals surface area contributed by atoms with Gasteiger partial charge in [0.15, 0.2) is 0 Å². The van der Waals surface area contributed by atoms with Crippen molar-refractivity contribution in [3.05, 3.63) is 0 Å². The van der Waals surface area contributed by atoms with Gasteiger partial charge in [-0.1, -0.05) is 78.1 Å². The Balaban J connectivity index is 0. The summed E-state index contributed by atoms with van der Waals surface area (Å²) in [5, 5.41) is 11.0. The average molecular weight is 388 g/mol. The van der Waals surface area contributed by atoms with Crippen molar-refractivity contribution in [1.29, 1.82) is 0 Å². The largest absolute Gasteiger partial charge is 1.00 e. The minimum atomic E-state index is -0.833. The fourth-order valence-electron chi connectivity index (χ4n) is 2.37. The molecule has 0 heterocycles. The summed E-state index contributed by atoms with van der Waals surface area (Å²) in [7, 11) is 0. The number of unbranched alkanes of at least 4 members (excludes halogenated alkanes) is 8. The number of hydrogen-bond acceptors (Lipinski definition) is 2. The van der Waals surface area contributed by atoms with Crippen LogP contribution in [0.4, 0.5) is 0 Å². The predicted octanol–water partition coefficient (Wildman–Crippen LogP) is 1.08. The molecule has 0 aromatic rings. The molecule has 0 bridgehead atoms. The van der Waals surface area contributed by atoms with Crippen LogP contribution in [0.1, 0.15) is 90.9 Å². The molecule has 0 N–H and O–H groups in total. The molecule has 0 fully saturated rings. The monoisotopic (exact) mass is 388 g/mol. The van der Waals surface area contributed by atoms with Gasteiger partial charge in [-0.05, 0) is 18.8 Å². The van der Waals surface area contributed by atoms with E-state index in [2.05, 4.69) is 13.8 Å². The second kappa shape index (κ2) is 17.6. The standard InChI is InChI=1S/C16H32O2.Cs/c1-3-5-7-9-10-12-14-15(16(17)18)13-11-8-6-4-2;/h15H,3-14H2,1-2H3,(H,17,18);/q;+1/p-1. The number of carbonyl (C=O) groups excluding carboxylic acids is 1. The topological polar surface area (TPSA) is 40.1 Å². The van der Waals surface area contributed by atoms with E-state index in [-0.39, 0.29) is 74.8 Å². The van der Waals surface area contributed by atoms with Crippen molar-refractivity contribution >= 4 is 5.97 Å². The Bertz CT molecular complexity index is 195. The molecule has 0 radical (unpaired) electrons. The van der Waals surface area contributed by atoms with Gasteiger partial charge >= 0.3 is 68.9 Å². The van der Waals surface area contributed by atoms with E-state index in [1.54, 1.807) is 0 Å². The van der Waals surface area contributed by atoms with Crippen LogP contribution in [-0.4, -0.2) is 5.97 Å². The molecular weight excluding hydrogens is 357 g/mol. The van der Waals surface area contributed by atoms with Crippen molar-refractivity contribution in [2.24, 2.45) is 5.92 Å². The summed E-state index contributed by atoms with van der Waals surface area (Å²) in [6.45, 7) is 4.38. The third-order valence-corrected chi connectivity index (χ3v) is 3.65. The zero-order chi connectivity index (χ0) is 13.6. The predicted molar refractivity (Wildman–Crippen MR) is 75.2 cm³/mol. The van der Waals surface area contributed by atoms with Gasteiger partial charge in [0, 0.05) is 5.97 Å². The third kappa shape index (κ3) is 15.7. The van der Waals surface area contributed by atoms with Gasteiger partial charge in [-0.15, -0.1) is 0 Å². The zero-order valence-corrected chi connectivity index (χ0v) is 19.7. The van der Waals surface area contributed by atoms with Crippen LogP contribution in [0.25, 0.3) is 0 Å². The fraction of sp³-hybridized carbons (Fsp3) is 0.938. The van der Waals surface area contributed by atoms with Crippen LogP contribution in [-0.2, 0) is 4.79 Å². The number of rotatable bonds is 13. The maximum absolute atomic E-state index is 11.0. The van der Waals surface area contributed by atoms with Crippen molar-refractivity contribution in [2.45, 2.75) is 90.9 Å². The van der Waals surface area contributed by atoms with Crippen LogP contribution < -0.4 is 74.0 Å². The van der Waals surface area contributed by atoms with Crippen molar-refractivity contribution in [1.82, 2.24) is 0 Å². The fourth-order valence-corrected chi connectivity index (χ4v) is 2.37. The molecule has 0 aromatic heterocycles. The number of aliphatic carboxylic acids is 1. The summed E-state index contributed by atoms with van der Waals surface area (Å²) in [6, 6.07) is 0. The minimum Gasteiger partial charge on any atom is -0.550 e. The van der Waals surface area contributed by atoms with E-state index < -0.39 is 5.97 Å². The van der Waals surface area contributed by atoms with E-state index in [0.717, 1.165) is 32.1 Å². The van der Waals surface area contributed by atoms with E-state index in [0.29, 0.717) is 0 Å². The molecule has 108 valence electrons. The Morgan fingerprint density at radius 3 is 1.58 bits per heavy atom. The molecule has 0 saturated heterocycles. The Kier molecular flexibility index (Phi) is 21.1. The van der Waals surface area contributed by atoms with Crippen LogP contribution in [0.5, 0.6) is 0 Å². The Hall–Kier alpha value is 1.52. The summed E-state index contributed by atoms with van der Waals surface area (Å²) in [4.78, 5) is 11.0. The van der Waals surface area contributed by atoms with E-state index in [4.69, 9.17) is 0 Å². The Morgan fingerprint density at radius 2 is 1.16 bits per heavy atom. The minimum absolute atomic E-state index is 0. The van der Waals surface area contributed by atoms with Crippen molar-refractivity contribution in [3.8, 4) is 0 Å². The van der Waals surface area contributed by atoms with Gasteiger partial charge < -0.3 is 9.90 Å². The molecule has 2 nitrogen and oxygen atoms in total. The average Bonchev–Trinajstić information content (AvgIpc) is 2.35. The molecule has 0 aliphatic carbocycles. The summed E-state index contributed by atoms with van der Waals surface area (Å²) in [5.74, 6) is -1.03. The second-order valence-electron chi connectivity index (χ2n) is 5.42. The molecular formula is C16H31CsO2. The molecule has 0 aliphatic heterocycles. The number of carboxylic acids is 1. The summed E-state index contributed by atoms with van der Waals surface area (Å²) < 4.78 is 0. The van der Waals surface area contributed by atoms with Crippen molar-refractivity contribution in [2.75, 3.05) is 0 Å². The van der Waals surface area contributed by atoms with Gasteiger partial charge in [0.2, 0.25) is 0 Å². The molecule has 0 aromatic carbocycles. The molecule has 3 heteroatoms. The van der Waals surface area contributed by atoms with Gasteiger partial charge in [-0.2, -0.15) is 0 Å². The number of carboxylic acid groups (broad SMARTS) is 1. The molecule has 0 amide bonds. The number of carbonyl (C=O) groups is 1. The second-order valence-corrected chi connectivity index (χ2v) is 5.42. The van der Waals surface area contributed by atoms with Gasteiger partial charge in [-0.3, -0.25) is 0 Å². The van der Waals surface area contributed by atoms with E-state index in [1.165, 1.54) is 44.9 Å².